The van der Waals surface area contributed by atoms with Gasteiger partial charge in [0.1, 0.15) is 23.3 Å². The lowest BCUT2D eigenvalue weighted by atomic mass is 9.90. The maximum absolute atomic E-state index is 13.7. The first-order chi connectivity index (χ1) is 21.6. The fourth-order valence-corrected chi connectivity index (χ4v) is 6.36. The van der Waals surface area contributed by atoms with E-state index in [9.17, 15) is 10.1 Å². The van der Waals surface area contributed by atoms with Gasteiger partial charge < -0.3 is 16.0 Å². The SMILES string of the molecule is Cn1cc(-c2ccc(N(C(=O)NCc3ccccc3)[C@H]3CC[C@H](Nc4ncc(C#N)c(NCC5CSC5)n4)CC3)nc2)cn1. The maximum atomic E-state index is 13.7. The van der Waals surface area contributed by atoms with Crippen molar-refractivity contribution < 1.29 is 4.79 Å². The van der Waals surface area contributed by atoms with Crippen molar-refractivity contribution in [2.45, 2.75) is 44.3 Å². The van der Waals surface area contributed by atoms with Crippen molar-refractivity contribution in [1.82, 2.24) is 30.0 Å². The van der Waals surface area contributed by atoms with Crippen LogP contribution in [0.25, 0.3) is 11.1 Å². The Kier molecular flexibility index (Phi) is 9.22. The number of pyridine rings is 1. The second-order valence-electron chi connectivity index (χ2n) is 11.3. The van der Waals surface area contributed by atoms with E-state index in [1.54, 1.807) is 23.3 Å². The molecule has 4 heterocycles. The van der Waals surface area contributed by atoms with Crippen molar-refractivity contribution in [2.75, 3.05) is 33.6 Å². The van der Waals surface area contributed by atoms with Crippen molar-refractivity contribution >= 4 is 35.4 Å². The van der Waals surface area contributed by atoms with Crippen molar-refractivity contribution in [3.8, 4) is 17.2 Å². The van der Waals surface area contributed by atoms with Crippen LogP contribution in [0.3, 0.4) is 0 Å². The Labute approximate surface area is 261 Å². The van der Waals surface area contributed by atoms with Crippen LogP contribution in [0, 0.1) is 17.2 Å². The molecule has 0 unspecified atom stereocenters. The molecule has 1 saturated heterocycles. The van der Waals surface area contributed by atoms with Crippen LogP contribution >= 0.6 is 11.8 Å². The number of nitrogens with one attached hydrogen (secondary N) is 3. The van der Waals surface area contributed by atoms with Gasteiger partial charge in [0.05, 0.1) is 12.4 Å². The van der Waals surface area contributed by atoms with E-state index in [-0.39, 0.29) is 18.1 Å². The van der Waals surface area contributed by atoms with Crippen LogP contribution in [-0.4, -0.2) is 60.9 Å². The molecule has 2 aliphatic rings. The zero-order valence-corrected chi connectivity index (χ0v) is 25.5. The second kappa shape index (κ2) is 13.8. The molecule has 3 aromatic heterocycles. The predicted octanol–water partition coefficient (Wildman–Crippen LogP) is 5.06. The Morgan fingerprint density at radius 3 is 2.52 bits per heavy atom. The minimum absolute atomic E-state index is 0.0139. The van der Waals surface area contributed by atoms with Crippen LogP contribution in [0.5, 0.6) is 0 Å². The molecule has 1 aliphatic carbocycles. The lowest BCUT2D eigenvalue weighted by molar-refractivity contribution is 0.240. The first-order valence-electron chi connectivity index (χ1n) is 15.0. The number of amides is 2. The molecule has 2 amide bonds. The van der Waals surface area contributed by atoms with Gasteiger partial charge in [-0.3, -0.25) is 9.58 Å². The molecule has 3 N–H and O–H groups in total. The highest BCUT2D eigenvalue weighted by atomic mass is 32.2. The van der Waals surface area contributed by atoms with Gasteiger partial charge in [-0.25, -0.2) is 14.8 Å². The highest BCUT2D eigenvalue weighted by Crippen LogP contribution is 2.30. The van der Waals surface area contributed by atoms with Crippen molar-refractivity contribution in [2.24, 2.45) is 13.0 Å². The van der Waals surface area contributed by atoms with E-state index in [0.29, 0.717) is 35.6 Å². The Morgan fingerprint density at radius 1 is 1.05 bits per heavy atom. The van der Waals surface area contributed by atoms with Gasteiger partial charge in [-0.05, 0) is 60.8 Å². The summed E-state index contributed by atoms with van der Waals surface area (Å²) in [6, 6.07) is 16.0. The maximum Gasteiger partial charge on any atom is 0.323 e. The van der Waals surface area contributed by atoms with Crippen LogP contribution < -0.4 is 20.9 Å². The summed E-state index contributed by atoms with van der Waals surface area (Å²) in [5, 5.41) is 23.7. The molecule has 226 valence electrons. The molecule has 2 fully saturated rings. The lowest BCUT2D eigenvalue weighted by Crippen LogP contribution is -2.49. The average molecular weight is 609 g/mol. The quantitative estimate of drug-likeness (QED) is 0.226. The van der Waals surface area contributed by atoms with Crippen LogP contribution in [0.4, 0.5) is 22.4 Å². The number of nitrogens with zero attached hydrogens (tertiary/aromatic N) is 7. The third-order valence-electron chi connectivity index (χ3n) is 8.11. The highest BCUT2D eigenvalue weighted by Gasteiger charge is 2.31. The van der Waals surface area contributed by atoms with Crippen LogP contribution in [0.15, 0.2) is 67.3 Å². The molecule has 1 aliphatic heterocycles. The molecule has 12 heteroatoms. The molecule has 0 radical (unpaired) electrons. The Morgan fingerprint density at radius 2 is 1.86 bits per heavy atom. The standard InChI is InChI=1S/C32H36N10OS/c1-41-19-26(18-38-41)24-7-12-29(34-16-24)42(32(43)37-14-22-5-3-2-4-6-22)28-10-8-27(9-11-28)39-31-36-17-25(13-33)30(40-31)35-15-23-20-44-21-23/h2-7,12,16-19,23,27-28H,8-11,14-15,20-21H2,1H3,(H,37,43)(H2,35,36,39,40)/t27-,28-. The molecule has 0 bridgehead atoms. The van der Waals surface area contributed by atoms with Crippen molar-refractivity contribution in [3.05, 3.63) is 78.4 Å². The average Bonchev–Trinajstić information content (AvgIpc) is 3.47. The molecular weight excluding hydrogens is 572 g/mol. The molecule has 0 atom stereocenters. The van der Waals surface area contributed by atoms with E-state index in [4.69, 9.17) is 4.98 Å². The molecule has 0 spiro atoms. The number of benzene rings is 1. The first kappa shape index (κ1) is 29.4. The van der Waals surface area contributed by atoms with Gasteiger partial charge in [0.2, 0.25) is 5.95 Å². The Balaban J connectivity index is 1.13. The summed E-state index contributed by atoms with van der Waals surface area (Å²) in [6.07, 6.45) is 10.4. The number of urea groups is 1. The van der Waals surface area contributed by atoms with E-state index in [1.165, 1.54) is 0 Å². The summed E-state index contributed by atoms with van der Waals surface area (Å²) in [7, 11) is 1.88. The number of carbonyl (C=O) groups excluding carboxylic acids is 1. The molecule has 11 nitrogen and oxygen atoms in total. The van der Waals surface area contributed by atoms with Gasteiger partial charge in [-0.2, -0.15) is 27.1 Å². The largest absolute Gasteiger partial charge is 0.368 e. The molecular formula is C32H36N10OS. The van der Waals surface area contributed by atoms with Gasteiger partial charge in [-0.15, -0.1) is 0 Å². The third kappa shape index (κ3) is 7.11. The number of aromatic nitrogens is 5. The van der Waals surface area contributed by atoms with Crippen molar-refractivity contribution in [1.29, 1.82) is 5.26 Å². The zero-order chi connectivity index (χ0) is 30.3. The molecule has 4 aromatic rings. The number of hydrogen-bond donors (Lipinski definition) is 3. The van der Waals surface area contributed by atoms with Crippen LogP contribution in [-0.2, 0) is 13.6 Å². The zero-order valence-electron chi connectivity index (χ0n) is 24.7. The summed E-state index contributed by atoms with van der Waals surface area (Å²) in [5.41, 5.74) is 3.41. The fourth-order valence-electron chi connectivity index (χ4n) is 5.56. The summed E-state index contributed by atoms with van der Waals surface area (Å²) < 4.78 is 1.76. The first-order valence-corrected chi connectivity index (χ1v) is 16.1. The number of carbonyl (C=O) groups is 1. The van der Waals surface area contributed by atoms with E-state index in [0.717, 1.165) is 60.4 Å². The third-order valence-corrected chi connectivity index (χ3v) is 9.52. The van der Waals surface area contributed by atoms with E-state index >= 15 is 0 Å². The summed E-state index contributed by atoms with van der Waals surface area (Å²) in [5.74, 6) is 4.61. The molecule has 6 rings (SSSR count). The van der Waals surface area contributed by atoms with Gasteiger partial charge in [0.15, 0.2) is 0 Å². The minimum atomic E-state index is -0.164. The number of aryl methyl sites for hydroxylation is 1. The second-order valence-corrected chi connectivity index (χ2v) is 12.4. The Bertz CT molecular complexity index is 1590. The van der Waals surface area contributed by atoms with Gasteiger partial charge >= 0.3 is 6.03 Å². The number of anilines is 3. The van der Waals surface area contributed by atoms with Gasteiger partial charge in [0, 0.05) is 55.7 Å². The number of thioether (sulfide) groups is 1. The normalized spacial score (nSPS) is 18.1. The summed E-state index contributed by atoms with van der Waals surface area (Å²) in [6.45, 7) is 1.25. The number of nitriles is 1. The molecule has 1 saturated carbocycles. The van der Waals surface area contributed by atoms with Crippen LogP contribution in [0.2, 0.25) is 0 Å². The summed E-state index contributed by atoms with van der Waals surface area (Å²) in [4.78, 5) is 29.2. The fraction of sp³-hybridized carbons (Fsp3) is 0.375. The van der Waals surface area contributed by atoms with Gasteiger partial charge in [-0.1, -0.05) is 30.3 Å². The van der Waals surface area contributed by atoms with Gasteiger partial charge in [0.25, 0.3) is 0 Å². The topological polar surface area (TPSA) is 137 Å². The van der Waals surface area contributed by atoms with Crippen molar-refractivity contribution in [3.63, 3.8) is 0 Å². The summed E-state index contributed by atoms with van der Waals surface area (Å²) >= 11 is 1.94. The minimum Gasteiger partial charge on any atom is -0.368 e. The van der Waals surface area contributed by atoms with Crippen LogP contribution in [0.1, 0.15) is 36.8 Å². The molecule has 44 heavy (non-hydrogen) atoms. The molecule has 1 aromatic carbocycles. The number of rotatable bonds is 10. The lowest BCUT2D eigenvalue weighted by Gasteiger charge is -2.36. The number of hydrogen-bond acceptors (Lipinski definition) is 9. The predicted molar refractivity (Wildman–Crippen MR) is 173 cm³/mol. The smallest absolute Gasteiger partial charge is 0.323 e. The van der Waals surface area contributed by atoms with E-state index in [1.807, 2.05) is 72.4 Å². The van der Waals surface area contributed by atoms with E-state index < -0.39 is 0 Å². The van der Waals surface area contributed by atoms with E-state index in [2.05, 4.69) is 37.1 Å². The Hall–Kier alpha value is -4.63. The monoisotopic (exact) mass is 608 g/mol. The highest BCUT2D eigenvalue weighted by molar-refractivity contribution is 8.00.